The van der Waals surface area contributed by atoms with E-state index in [-0.39, 0.29) is 22.7 Å². The van der Waals surface area contributed by atoms with Crippen LogP contribution >= 0.6 is 0 Å². The van der Waals surface area contributed by atoms with Crippen LogP contribution in [0.5, 0.6) is 0 Å². The van der Waals surface area contributed by atoms with Crippen molar-refractivity contribution in [1.82, 2.24) is 4.98 Å². The second-order valence-electron chi connectivity index (χ2n) is 11.9. The van der Waals surface area contributed by atoms with Crippen molar-refractivity contribution in [3.05, 3.63) is 65.5 Å². The quantitative estimate of drug-likeness (QED) is 0.466. The Balaban J connectivity index is 1.21. The molecule has 5 aliphatic rings. The number of nitrogens with zero attached hydrogens (tertiary/aromatic N) is 1. The Kier molecular flexibility index (Phi) is 5.07. The smallest absolute Gasteiger partial charge is 0.0974 e. The van der Waals surface area contributed by atoms with Gasteiger partial charge in [0, 0.05) is 31.3 Å². The van der Waals surface area contributed by atoms with E-state index in [9.17, 15) is 0 Å². The molecule has 6 atom stereocenters. The summed E-state index contributed by atoms with van der Waals surface area (Å²) in [5.74, 6) is 1.13. The van der Waals surface area contributed by atoms with Crippen LogP contribution in [0.2, 0.25) is 0 Å². The van der Waals surface area contributed by atoms with Gasteiger partial charge in [-0.15, -0.1) is 0 Å². The zero-order chi connectivity index (χ0) is 23.7. The molecule has 3 heterocycles. The molecule has 1 aromatic heterocycles. The number of ether oxygens (including phenoxy) is 3. The average molecular weight is 472 g/mol. The van der Waals surface area contributed by atoms with E-state index in [4.69, 9.17) is 14.2 Å². The number of benzene rings is 1. The van der Waals surface area contributed by atoms with E-state index in [0.717, 1.165) is 38.5 Å². The van der Waals surface area contributed by atoms with Crippen LogP contribution in [-0.2, 0) is 14.2 Å². The molecule has 6 unspecified atom stereocenters. The van der Waals surface area contributed by atoms with E-state index < -0.39 is 0 Å². The van der Waals surface area contributed by atoms with Crippen LogP contribution in [0.3, 0.4) is 0 Å². The molecule has 2 spiro atoms. The summed E-state index contributed by atoms with van der Waals surface area (Å²) < 4.78 is 18.8. The molecule has 4 nitrogen and oxygen atoms in total. The lowest BCUT2D eigenvalue weighted by atomic mass is 9.58. The highest BCUT2D eigenvalue weighted by Crippen LogP contribution is 2.69. The average Bonchev–Trinajstić information content (AvgIpc) is 3.39. The number of pyridine rings is 1. The molecule has 2 saturated carbocycles. The topological polar surface area (TPSA) is 40.6 Å². The molecule has 4 heteroatoms. The number of rotatable bonds is 5. The fraction of sp³-hybridized carbons (Fsp3) is 0.581. The maximum absolute atomic E-state index is 7.39. The van der Waals surface area contributed by atoms with Gasteiger partial charge in [0.15, 0.2) is 0 Å². The van der Waals surface area contributed by atoms with Crippen molar-refractivity contribution in [1.29, 1.82) is 0 Å². The zero-order valence-corrected chi connectivity index (χ0v) is 21.1. The normalized spacial score (nSPS) is 39.5. The molecule has 3 aliphatic carbocycles. The number of aromatic nitrogens is 1. The molecule has 2 aromatic rings. The number of methoxy groups -OCH3 is 1. The van der Waals surface area contributed by atoms with E-state index in [1.165, 1.54) is 40.3 Å². The second kappa shape index (κ2) is 7.99. The van der Waals surface area contributed by atoms with Gasteiger partial charge in [0.2, 0.25) is 0 Å². The maximum Gasteiger partial charge on any atom is 0.0974 e. The molecular formula is C31H37NO3. The van der Waals surface area contributed by atoms with Gasteiger partial charge >= 0.3 is 0 Å². The van der Waals surface area contributed by atoms with Gasteiger partial charge in [0.1, 0.15) is 0 Å². The van der Waals surface area contributed by atoms with Gasteiger partial charge in [-0.25, -0.2) is 0 Å². The van der Waals surface area contributed by atoms with E-state index in [0.29, 0.717) is 25.0 Å². The molecule has 7 rings (SSSR count). The van der Waals surface area contributed by atoms with Crippen molar-refractivity contribution < 1.29 is 14.2 Å². The Morgan fingerprint density at radius 2 is 2.03 bits per heavy atom. The summed E-state index contributed by atoms with van der Waals surface area (Å²) in [5.41, 5.74) is 4.50. The van der Waals surface area contributed by atoms with Gasteiger partial charge in [0.05, 0.1) is 30.5 Å². The number of allylic oxidation sites excluding steroid dienone is 1. The molecule has 184 valence electrons. The molecule has 3 fully saturated rings. The molecule has 35 heavy (non-hydrogen) atoms. The lowest BCUT2D eigenvalue weighted by Crippen LogP contribution is -2.54. The Morgan fingerprint density at radius 1 is 1.09 bits per heavy atom. The number of fused-ring (bicyclic) bond motifs is 2. The first-order valence-corrected chi connectivity index (χ1v) is 13.6. The Bertz CT molecular complexity index is 1220. The minimum absolute atomic E-state index is 0.113. The van der Waals surface area contributed by atoms with Crippen LogP contribution in [0.1, 0.15) is 69.8 Å². The van der Waals surface area contributed by atoms with E-state index in [1.54, 1.807) is 7.11 Å². The zero-order valence-electron chi connectivity index (χ0n) is 21.1. The summed E-state index contributed by atoms with van der Waals surface area (Å²) in [6.07, 6.45) is 18.4. The largest absolute Gasteiger partial charge is 0.382 e. The third kappa shape index (κ3) is 3.19. The van der Waals surface area contributed by atoms with Crippen LogP contribution in [0.4, 0.5) is 0 Å². The van der Waals surface area contributed by atoms with Crippen molar-refractivity contribution >= 4 is 10.8 Å². The summed E-state index contributed by atoms with van der Waals surface area (Å²) >= 11 is 0. The monoisotopic (exact) mass is 471 g/mol. The Hall–Kier alpha value is -2.01. The summed E-state index contributed by atoms with van der Waals surface area (Å²) in [7, 11) is 1.74. The number of hydrogen-bond acceptors (Lipinski definition) is 4. The van der Waals surface area contributed by atoms with E-state index in [2.05, 4.69) is 48.3 Å². The Morgan fingerprint density at radius 3 is 2.94 bits per heavy atom. The van der Waals surface area contributed by atoms with Crippen molar-refractivity contribution in [2.24, 2.45) is 11.3 Å². The minimum atomic E-state index is -0.113. The van der Waals surface area contributed by atoms with E-state index in [1.807, 2.05) is 12.4 Å². The molecule has 2 aliphatic heterocycles. The molecule has 0 radical (unpaired) electrons. The van der Waals surface area contributed by atoms with Crippen LogP contribution in [0.15, 0.2) is 60.0 Å². The minimum Gasteiger partial charge on any atom is -0.382 e. The highest BCUT2D eigenvalue weighted by molar-refractivity contribution is 5.82. The highest BCUT2D eigenvalue weighted by atomic mass is 16.5. The molecule has 0 N–H and O–H groups in total. The van der Waals surface area contributed by atoms with Gasteiger partial charge in [-0.05, 0) is 96.4 Å². The fourth-order valence-corrected chi connectivity index (χ4v) is 8.67. The van der Waals surface area contributed by atoms with Crippen LogP contribution in [0, 0.1) is 11.3 Å². The SMILES string of the molecule is COCCOC1CCC2=CC3=CCC4(C)C(c5ccc6ccncc6c5)CCC4C34CCC2(C1)O4. The van der Waals surface area contributed by atoms with Crippen molar-refractivity contribution in [3.63, 3.8) is 0 Å². The van der Waals surface area contributed by atoms with Crippen molar-refractivity contribution in [3.8, 4) is 0 Å². The summed E-state index contributed by atoms with van der Waals surface area (Å²) in [6, 6.07) is 9.17. The van der Waals surface area contributed by atoms with Gasteiger partial charge in [-0.2, -0.15) is 0 Å². The van der Waals surface area contributed by atoms with Crippen molar-refractivity contribution in [2.45, 2.75) is 81.5 Å². The van der Waals surface area contributed by atoms with Crippen molar-refractivity contribution in [2.75, 3.05) is 20.3 Å². The predicted octanol–water partition coefficient (Wildman–Crippen LogP) is 6.51. The lowest BCUT2D eigenvalue weighted by Gasteiger charge is -2.54. The molecule has 0 amide bonds. The molecule has 2 bridgehead atoms. The fourth-order valence-electron chi connectivity index (χ4n) is 8.67. The molecular weight excluding hydrogens is 434 g/mol. The van der Waals surface area contributed by atoms with Crippen LogP contribution in [-0.4, -0.2) is 42.6 Å². The third-order valence-corrected chi connectivity index (χ3v) is 10.3. The first-order chi connectivity index (χ1) is 17.1. The van der Waals surface area contributed by atoms with Crippen LogP contribution in [0.25, 0.3) is 10.8 Å². The van der Waals surface area contributed by atoms with Gasteiger partial charge in [-0.1, -0.05) is 31.2 Å². The third-order valence-electron chi connectivity index (χ3n) is 10.3. The first-order valence-electron chi connectivity index (χ1n) is 13.6. The number of hydrogen-bond donors (Lipinski definition) is 0. The molecule has 1 saturated heterocycles. The van der Waals surface area contributed by atoms with E-state index >= 15 is 0 Å². The summed E-state index contributed by atoms with van der Waals surface area (Å²) in [6.45, 7) is 3.89. The van der Waals surface area contributed by atoms with Crippen LogP contribution < -0.4 is 0 Å². The lowest BCUT2D eigenvalue weighted by molar-refractivity contribution is -0.150. The highest BCUT2D eigenvalue weighted by Gasteiger charge is 2.66. The molecule has 1 aromatic carbocycles. The van der Waals surface area contributed by atoms with Gasteiger partial charge in [0.25, 0.3) is 0 Å². The maximum atomic E-state index is 7.39. The summed E-state index contributed by atoms with van der Waals surface area (Å²) in [4.78, 5) is 4.38. The van der Waals surface area contributed by atoms with Gasteiger partial charge in [-0.3, -0.25) is 4.98 Å². The summed E-state index contributed by atoms with van der Waals surface area (Å²) in [5, 5.41) is 2.53. The predicted molar refractivity (Wildman–Crippen MR) is 137 cm³/mol. The Labute approximate surface area is 208 Å². The second-order valence-corrected chi connectivity index (χ2v) is 11.9. The first kappa shape index (κ1) is 22.2. The standard InChI is InChI=1S/C31H37NO3/c1-29-11-9-25-18-24-5-6-26(34-16-15-33-2)19-30(24)12-13-31(25,35-30)28(29)8-7-27(29)22-4-3-21-10-14-32-20-23(21)17-22/h3-4,9-10,14,17-18,20,26-28H,5-8,11-13,15-16,19H2,1-2H3. The van der Waals surface area contributed by atoms with Gasteiger partial charge < -0.3 is 14.2 Å².